The third-order valence-electron chi connectivity index (χ3n) is 1.94. The van der Waals surface area contributed by atoms with Crippen LogP contribution in [0.15, 0.2) is 46.0 Å². The minimum absolute atomic E-state index is 0.309. The lowest BCUT2D eigenvalue weighted by molar-refractivity contribution is 0.518. The van der Waals surface area contributed by atoms with Gasteiger partial charge < -0.3 is 27.0 Å². The van der Waals surface area contributed by atoms with Gasteiger partial charge in [-0.2, -0.15) is 0 Å². The van der Waals surface area contributed by atoms with Gasteiger partial charge in [0.05, 0.1) is 12.0 Å². The number of nitrogens with one attached hydrogen (secondary N) is 1. The summed E-state index contributed by atoms with van der Waals surface area (Å²) < 4.78 is 5.12. The maximum Gasteiger partial charge on any atom is 0.109 e. The van der Waals surface area contributed by atoms with Crippen LogP contribution < -0.4 is 17.2 Å². The Labute approximate surface area is 87.7 Å². The summed E-state index contributed by atoms with van der Waals surface area (Å²) in [5.41, 5.74) is 17.9. The van der Waals surface area contributed by atoms with E-state index in [9.17, 15) is 0 Å². The van der Waals surface area contributed by atoms with E-state index in [2.05, 4.69) is 0 Å². The van der Waals surface area contributed by atoms with Gasteiger partial charge in [-0.3, -0.25) is 0 Å². The second-order valence-electron chi connectivity index (χ2n) is 2.96. The third kappa shape index (κ3) is 2.63. The number of nitrogens with two attached hydrogens (primary N) is 3. The van der Waals surface area contributed by atoms with E-state index in [1.54, 1.807) is 18.4 Å². The van der Waals surface area contributed by atoms with Crippen molar-refractivity contribution in [2.45, 2.75) is 6.42 Å². The Kier molecular flexibility index (Phi) is 3.56. The molecule has 0 aliphatic heterocycles. The molecule has 0 saturated carbocycles. The molecule has 0 bridgehead atoms. The summed E-state index contributed by atoms with van der Waals surface area (Å²) in [6.07, 6.45) is 4.28. The number of rotatable bonds is 4. The fourth-order valence-corrected chi connectivity index (χ4v) is 1.10. The van der Waals surface area contributed by atoms with Gasteiger partial charge in [-0.1, -0.05) is 0 Å². The normalized spacial score (nSPS) is 13.5. The summed E-state index contributed by atoms with van der Waals surface area (Å²) in [5.74, 6) is 0.719. The second kappa shape index (κ2) is 4.90. The standard InChI is InChI=1S/C10H14N4O/c11-5-7(6-12)10(14)9(13)4-8-2-1-3-15-8/h1-3,5-6,11H,4,12-14H2/b7-6-,10-9+,11-5?. The molecule has 0 unspecified atom stereocenters. The van der Waals surface area contributed by atoms with Gasteiger partial charge in [0.25, 0.3) is 0 Å². The van der Waals surface area contributed by atoms with Crippen molar-refractivity contribution in [3.05, 3.63) is 47.3 Å². The Balaban J connectivity index is 2.86. The fraction of sp³-hybridized carbons (Fsp3) is 0.100. The van der Waals surface area contributed by atoms with E-state index < -0.39 is 0 Å². The van der Waals surface area contributed by atoms with Crippen LogP contribution in [0, 0.1) is 5.41 Å². The first-order valence-corrected chi connectivity index (χ1v) is 4.38. The highest BCUT2D eigenvalue weighted by atomic mass is 16.3. The highest BCUT2D eigenvalue weighted by Gasteiger charge is 2.05. The smallest absolute Gasteiger partial charge is 0.109 e. The molecule has 0 aliphatic carbocycles. The molecule has 1 heterocycles. The van der Waals surface area contributed by atoms with Gasteiger partial charge in [-0.15, -0.1) is 0 Å². The Morgan fingerprint density at radius 3 is 2.67 bits per heavy atom. The minimum atomic E-state index is 0.309. The Morgan fingerprint density at radius 1 is 1.47 bits per heavy atom. The zero-order valence-corrected chi connectivity index (χ0v) is 8.23. The van der Waals surface area contributed by atoms with E-state index in [-0.39, 0.29) is 0 Å². The predicted octanol–water partition coefficient (Wildman–Crippen LogP) is 0.443. The molecule has 0 radical (unpaired) electrons. The first-order valence-electron chi connectivity index (χ1n) is 4.38. The monoisotopic (exact) mass is 206 g/mol. The van der Waals surface area contributed by atoms with Gasteiger partial charge in [0.2, 0.25) is 0 Å². The summed E-state index contributed by atoms with van der Waals surface area (Å²) in [6.45, 7) is 0. The zero-order chi connectivity index (χ0) is 11.3. The van der Waals surface area contributed by atoms with Crippen molar-refractivity contribution in [2.75, 3.05) is 0 Å². The van der Waals surface area contributed by atoms with Gasteiger partial charge in [-0.05, 0) is 12.1 Å². The third-order valence-corrected chi connectivity index (χ3v) is 1.94. The topological polar surface area (TPSA) is 115 Å². The largest absolute Gasteiger partial charge is 0.469 e. The minimum Gasteiger partial charge on any atom is -0.469 e. The fourth-order valence-electron chi connectivity index (χ4n) is 1.10. The molecule has 5 nitrogen and oxygen atoms in total. The van der Waals surface area contributed by atoms with Crippen molar-refractivity contribution in [3.63, 3.8) is 0 Å². The number of allylic oxidation sites excluding steroid dienone is 2. The maximum absolute atomic E-state index is 7.07. The Bertz CT molecular complexity index is 390. The molecule has 0 fully saturated rings. The highest BCUT2D eigenvalue weighted by molar-refractivity contribution is 5.81. The van der Waals surface area contributed by atoms with E-state index >= 15 is 0 Å². The molecule has 0 amide bonds. The molecule has 0 saturated heterocycles. The van der Waals surface area contributed by atoms with E-state index in [1.807, 2.05) is 0 Å². The van der Waals surface area contributed by atoms with E-state index in [0.717, 1.165) is 12.0 Å². The van der Waals surface area contributed by atoms with Gasteiger partial charge in [0.15, 0.2) is 0 Å². The summed E-state index contributed by atoms with van der Waals surface area (Å²) >= 11 is 0. The van der Waals surface area contributed by atoms with Gasteiger partial charge in [-0.25, -0.2) is 0 Å². The van der Waals surface area contributed by atoms with Crippen molar-refractivity contribution >= 4 is 6.21 Å². The summed E-state index contributed by atoms with van der Waals surface area (Å²) in [7, 11) is 0. The predicted molar refractivity (Wildman–Crippen MR) is 58.9 cm³/mol. The SMILES string of the molecule is N=CC(=C/N)/C(N)=C(\N)Cc1ccco1. The van der Waals surface area contributed by atoms with Crippen molar-refractivity contribution < 1.29 is 4.42 Å². The lowest BCUT2D eigenvalue weighted by Gasteiger charge is -2.05. The molecule has 0 aliphatic rings. The van der Waals surface area contributed by atoms with Crippen LogP contribution in [0.3, 0.4) is 0 Å². The van der Waals surface area contributed by atoms with Crippen molar-refractivity contribution in [2.24, 2.45) is 17.2 Å². The number of hydrogen-bond acceptors (Lipinski definition) is 5. The molecule has 1 aromatic rings. The lowest BCUT2D eigenvalue weighted by atomic mass is 10.1. The van der Waals surface area contributed by atoms with Crippen LogP contribution in [0.5, 0.6) is 0 Å². The summed E-state index contributed by atoms with van der Waals surface area (Å²) in [5, 5.41) is 7.07. The maximum atomic E-state index is 7.07. The van der Waals surface area contributed by atoms with Crippen LogP contribution in [-0.4, -0.2) is 6.21 Å². The molecule has 0 aromatic carbocycles. The molecule has 7 N–H and O–H groups in total. The van der Waals surface area contributed by atoms with Crippen molar-refractivity contribution in [1.82, 2.24) is 0 Å². The highest BCUT2D eigenvalue weighted by Crippen LogP contribution is 2.09. The summed E-state index contributed by atoms with van der Waals surface area (Å²) in [4.78, 5) is 0. The van der Waals surface area contributed by atoms with Crippen LogP contribution in [0.1, 0.15) is 5.76 Å². The Morgan fingerprint density at radius 2 is 2.20 bits per heavy atom. The zero-order valence-electron chi connectivity index (χ0n) is 8.23. The van der Waals surface area contributed by atoms with Gasteiger partial charge in [0, 0.05) is 30.1 Å². The molecule has 1 aromatic heterocycles. The van der Waals surface area contributed by atoms with Crippen LogP contribution in [0.4, 0.5) is 0 Å². The second-order valence-corrected chi connectivity index (χ2v) is 2.96. The molecule has 80 valence electrons. The Hall–Kier alpha value is -2.17. The first-order chi connectivity index (χ1) is 7.19. The molecular weight excluding hydrogens is 192 g/mol. The van der Waals surface area contributed by atoms with Crippen LogP contribution in [0.2, 0.25) is 0 Å². The molecule has 0 atom stereocenters. The van der Waals surface area contributed by atoms with Crippen LogP contribution >= 0.6 is 0 Å². The molecule has 1 rings (SSSR count). The van der Waals surface area contributed by atoms with Crippen LogP contribution in [-0.2, 0) is 6.42 Å². The van der Waals surface area contributed by atoms with Crippen molar-refractivity contribution in [3.8, 4) is 0 Å². The van der Waals surface area contributed by atoms with Crippen molar-refractivity contribution in [1.29, 1.82) is 5.41 Å². The van der Waals surface area contributed by atoms with Crippen LogP contribution in [0.25, 0.3) is 0 Å². The molecule has 5 heteroatoms. The van der Waals surface area contributed by atoms with E-state index in [1.165, 1.54) is 6.20 Å². The molecule has 0 spiro atoms. The molecule has 15 heavy (non-hydrogen) atoms. The van der Waals surface area contributed by atoms with E-state index in [0.29, 0.717) is 23.4 Å². The first kappa shape index (κ1) is 10.9. The lowest BCUT2D eigenvalue weighted by Crippen LogP contribution is -2.15. The number of furan rings is 1. The molecular formula is C10H14N4O. The quantitative estimate of drug-likeness (QED) is 0.422. The van der Waals surface area contributed by atoms with E-state index in [4.69, 9.17) is 27.0 Å². The average molecular weight is 206 g/mol. The van der Waals surface area contributed by atoms with Gasteiger partial charge in [0.1, 0.15) is 5.76 Å². The number of hydrogen-bond donors (Lipinski definition) is 4. The summed E-state index contributed by atoms with van der Waals surface area (Å²) in [6, 6.07) is 3.57. The van der Waals surface area contributed by atoms with Gasteiger partial charge >= 0.3 is 0 Å². The average Bonchev–Trinajstić information content (AvgIpc) is 2.72.